The zero-order chi connectivity index (χ0) is 13.7. The van der Waals surface area contributed by atoms with Crippen molar-refractivity contribution in [1.29, 1.82) is 0 Å². The SMILES string of the molecule is CCc1nc(S[C@H](C)C(=O)NCc2ccco2)n[nH]1. The average molecular weight is 280 g/mol. The van der Waals surface area contributed by atoms with E-state index in [1.807, 2.05) is 19.9 Å². The van der Waals surface area contributed by atoms with Crippen LogP contribution in [0.1, 0.15) is 25.4 Å². The van der Waals surface area contributed by atoms with Gasteiger partial charge in [0.1, 0.15) is 11.6 Å². The lowest BCUT2D eigenvalue weighted by atomic mass is 10.4. The molecule has 0 aliphatic carbocycles. The molecule has 1 atom stereocenters. The van der Waals surface area contributed by atoms with Crippen molar-refractivity contribution >= 4 is 17.7 Å². The van der Waals surface area contributed by atoms with Crippen LogP contribution in [-0.2, 0) is 17.8 Å². The molecule has 2 aromatic rings. The molecule has 0 bridgehead atoms. The Morgan fingerprint density at radius 1 is 1.63 bits per heavy atom. The van der Waals surface area contributed by atoms with E-state index in [4.69, 9.17) is 4.42 Å². The molecule has 0 aliphatic rings. The molecular weight excluding hydrogens is 264 g/mol. The van der Waals surface area contributed by atoms with Crippen LogP contribution in [0.3, 0.4) is 0 Å². The minimum absolute atomic E-state index is 0.0655. The second-order valence-electron chi connectivity index (χ2n) is 3.98. The Hall–Kier alpha value is -1.76. The lowest BCUT2D eigenvalue weighted by molar-refractivity contribution is -0.120. The number of aryl methyl sites for hydroxylation is 1. The number of thioether (sulfide) groups is 1. The monoisotopic (exact) mass is 280 g/mol. The number of hydrogen-bond acceptors (Lipinski definition) is 5. The van der Waals surface area contributed by atoms with Crippen LogP contribution in [0.4, 0.5) is 0 Å². The Morgan fingerprint density at radius 2 is 2.47 bits per heavy atom. The molecule has 0 fully saturated rings. The first-order valence-electron chi connectivity index (χ1n) is 6.07. The third kappa shape index (κ3) is 3.85. The summed E-state index contributed by atoms with van der Waals surface area (Å²) in [5, 5.41) is 10.0. The number of amides is 1. The highest BCUT2D eigenvalue weighted by molar-refractivity contribution is 8.00. The van der Waals surface area contributed by atoms with Gasteiger partial charge in [-0.2, -0.15) is 0 Å². The number of nitrogens with one attached hydrogen (secondary N) is 2. The molecule has 0 spiro atoms. The van der Waals surface area contributed by atoms with Crippen molar-refractivity contribution < 1.29 is 9.21 Å². The van der Waals surface area contributed by atoms with Gasteiger partial charge in [0.25, 0.3) is 0 Å². The van der Waals surface area contributed by atoms with Crippen LogP contribution in [0.2, 0.25) is 0 Å². The molecule has 2 rings (SSSR count). The van der Waals surface area contributed by atoms with Crippen molar-refractivity contribution in [1.82, 2.24) is 20.5 Å². The van der Waals surface area contributed by atoms with E-state index < -0.39 is 0 Å². The minimum atomic E-state index is -0.254. The Kier molecular flexibility index (Phi) is 4.62. The number of hydrogen-bond donors (Lipinski definition) is 2. The topological polar surface area (TPSA) is 83.8 Å². The lowest BCUT2D eigenvalue weighted by Crippen LogP contribution is -2.30. The maximum atomic E-state index is 11.9. The number of carbonyl (C=O) groups is 1. The number of carbonyl (C=O) groups excluding carboxylic acids is 1. The van der Waals surface area contributed by atoms with Gasteiger partial charge in [0.05, 0.1) is 18.1 Å². The number of aromatic nitrogens is 3. The van der Waals surface area contributed by atoms with Crippen LogP contribution in [0, 0.1) is 0 Å². The summed E-state index contributed by atoms with van der Waals surface area (Å²) in [6.07, 6.45) is 2.38. The molecule has 102 valence electrons. The Balaban J connectivity index is 1.81. The fourth-order valence-corrected chi connectivity index (χ4v) is 2.20. The van der Waals surface area contributed by atoms with Gasteiger partial charge in [0.15, 0.2) is 0 Å². The second kappa shape index (κ2) is 6.42. The van der Waals surface area contributed by atoms with Gasteiger partial charge in [-0.1, -0.05) is 18.7 Å². The van der Waals surface area contributed by atoms with Crippen LogP contribution in [0.15, 0.2) is 28.0 Å². The Bertz CT molecular complexity index is 524. The van der Waals surface area contributed by atoms with Crippen molar-refractivity contribution in [3.63, 3.8) is 0 Å². The van der Waals surface area contributed by atoms with Gasteiger partial charge in [-0.3, -0.25) is 9.89 Å². The second-order valence-corrected chi connectivity index (χ2v) is 5.28. The summed E-state index contributed by atoms with van der Waals surface area (Å²) in [6, 6.07) is 3.61. The number of aromatic amines is 1. The van der Waals surface area contributed by atoms with Crippen LogP contribution < -0.4 is 5.32 Å². The summed E-state index contributed by atoms with van der Waals surface area (Å²) in [6.45, 7) is 4.21. The van der Waals surface area contributed by atoms with Crippen molar-refractivity contribution in [2.24, 2.45) is 0 Å². The number of nitrogens with zero attached hydrogens (tertiary/aromatic N) is 2. The summed E-state index contributed by atoms with van der Waals surface area (Å²) < 4.78 is 5.15. The van der Waals surface area contributed by atoms with Gasteiger partial charge in [-0.25, -0.2) is 4.98 Å². The van der Waals surface area contributed by atoms with Gasteiger partial charge < -0.3 is 9.73 Å². The molecule has 0 saturated carbocycles. The zero-order valence-corrected chi connectivity index (χ0v) is 11.7. The number of H-pyrrole nitrogens is 1. The van der Waals surface area contributed by atoms with E-state index in [0.717, 1.165) is 18.0 Å². The minimum Gasteiger partial charge on any atom is -0.467 e. The quantitative estimate of drug-likeness (QED) is 0.788. The summed E-state index contributed by atoms with van der Waals surface area (Å²) in [7, 11) is 0. The molecule has 0 radical (unpaired) electrons. The maximum absolute atomic E-state index is 11.9. The van der Waals surface area contributed by atoms with Crippen molar-refractivity contribution in [3.05, 3.63) is 30.0 Å². The molecule has 7 heteroatoms. The summed E-state index contributed by atoms with van der Waals surface area (Å²) >= 11 is 1.33. The molecule has 0 aliphatic heterocycles. The summed E-state index contributed by atoms with van der Waals surface area (Å²) in [5.41, 5.74) is 0. The van der Waals surface area contributed by atoms with E-state index in [-0.39, 0.29) is 11.2 Å². The Morgan fingerprint density at radius 3 is 3.11 bits per heavy atom. The molecule has 0 saturated heterocycles. The molecule has 0 aromatic carbocycles. The predicted molar refractivity (Wildman–Crippen MR) is 71.6 cm³/mol. The van der Waals surface area contributed by atoms with Crippen LogP contribution in [0.5, 0.6) is 0 Å². The Labute approximate surface area is 115 Å². The highest BCUT2D eigenvalue weighted by Gasteiger charge is 2.16. The third-order valence-corrected chi connectivity index (χ3v) is 3.48. The fourth-order valence-electron chi connectivity index (χ4n) is 1.43. The summed E-state index contributed by atoms with van der Waals surface area (Å²) in [4.78, 5) is 16.1. The van der Waals surface area contributed by atoms with Crippen molar-refractivity contribution in [2.75, 3.05) is 0 Å². The first-order chi connectivity index (χ1) is 9.19. The van der Waals surface area contributed by atoms with E-state index in [2.05, 4.69) is 20.5 Å². The van der Waals surface area contributed by atoms with Gasteiger partial charge in [0.2, 0.25) is 11.1 Å². The van der Waals surface area contributed by atoms with E-state index in [9.17, 15) is 4.79 Å². The normalized spacial score (nSPS) is 12.3. The number of rotatable bonds is 6. The maximum Gasteiger partial charge on any atom is 0.233 e. The average Bonchev–Trinajstić information content (AvgIpc) is 3.06. The first-order valence-corrected chi connectivity index (χ1v) is 6.95. The van der Waals surface area contributed by atoms with Crippen LogP contribution >= 0.6 is 11.8 Å². The molecule has 0 unspecified atom stereocenters. The standard InChI is InChI=1S/C12H16N4O2S/c1-3-10-14-12(16-15-10)19-8(2)11(17)13-7-9-5-4-6-18-9/h4-6,8H,3,7H2,1-2H3,(H,13,17)(H,14,15,16)/t8-/m1/s1. The highest BCUT2D eigenvalue weighted by atomic mass is 32.2. The van der Waals surface area contributed by atoms with E-state index in [0.29, 0.717) is 11.7 Å². The van der Waals surface area contributed by atoms with Crippen LogP contribution in [0.25, 0.3) is 0 Å². The number of furan rings is 1. The van der Waals surface area contributed by atoms with Gasteiger partial charge in [-0.05, 0) is 19.1 Å². The fraction of sp³-hybridized carbons (Fsp3) is 0.417. The largest absolute Gasteiger partial charge is 0.467 e. The van der Waals surface area contributed by atoms with Crippen molar-refractivity contribution in [2.45, 2.75) is 37.2 Å². The molecule has 1 amide bonds. The van der Waals surface area contributed by atoms with Crippen molar-refractivity contribution in [3.8, 4) is 0 Å². The van der Waals surface area contributed by atoms with E-state index in [1.54, 1.807) is 12.3 Å². The summed E-state index contributed by atoms with van der Waals surface area (Å²) in [5.74, 6) is 1.49. The molecule has 2 N–H and O–H groups in total. The first kappa shape index (κ1) is 13.7. The van der Waals surface area contributed by atoms with Gasteiger partial charge >= 0.3 is 0 Å². The van der Waals surface area contributed by atoms with E-state index in [1.165, 1.54) is 11.8 Å². The van der Waals surface area contributed by atoms with Gasteiger partial charge in [-0.15, -0.1) is 5.10 Å². The lowest BCUT2D eigenvalue weighted by Gasteiger charge is -2.08. The van der Waals surface area contributed by atoms with Gasteiger partial charge in [0, 0.05) is 6.42 Å². The third-order valence-electron chi connectivity index (χ3n) is 2.51. The van der Waals surface area contributed by atoms with E-state index >= 15 is 0 Å². The molecule has 19 heavy (non-hydrogen) atoms. The molecule has 6 nitrogen and oxygen atoms in total. The zero-order valence-electron chi connectivity index (χ0n) is 10.8. The van der Waals surface area contributed by atoms with Crippen LogP contribution in [-0.4, -0.2) is 26.3 Å². The smallest absolute Gasteiger partial charge is 0.233 e. The molecular formula is C12H16N4O2S. The predicted octanol–water partition coefficient (Wildman–Crippen LogP) is 1.76. The molecule has 2 heterocycles. The molecule has 2 aromatic heterocycles. The highest BCUT2D eigenvalue weighted by Crippen LogP contribution is 2.19.